The third-order valence-electron chi connectivity index (χ3n) is 5.32. The van der Waals surface area contributed by atoms with Crippen LogP contribution in [0.1, 0.15) is 50.4 Å². The highest BCUT2D eigenvalue weighted by Crippen LogP contribution is 2.23. The van der Waals surface area contributed by atoms with Gasteiger partial charge in [0.25, 0.3) is 11.5 Å². The lowest BCUT2D eigenvalue weighted by Gasteiger charge is -2.21. The largest absolute Gasteiger partial charge is 0.348 e. The van der Waals surface area contributed by atoms with Crippen molar-refractivity contribution in [1.29, 1.82) is 0 Å². The summed E-state index contributed by atoms with van der Waals surface area (Å²) in [5.41, 5.74) is 2.78. The molecule has 0 atom stereocenters. The van der Waals surface area contributed by atoms with Crippen LogP contribution < -0.4 is 10.9 Å². The van der Waals surface area contributed by atoms with Gasteiger partial charge in [0.05, 0.1) is 0 Å². The van der Waals surface area contributed by atoms with Crippen LogP contribution in [0.5, 0.6) is 0 Å². The molecule has 1 heterocycles. The first kappa shape index (κ1) is 19.8. The second kappa shape index (κ2) is 8.06. The molecule has 30 heavy (non-hydrogen) atoms. The van der Waals surface area contributed by atoms with Gasteiger partial charge in [-0.1, -0.05) is 29.8 Å². The van der Waals surface area contributed by atoms with Crippen molar-refractivity contribution in [1.82, 2.24) is 9.88 Å². The third kappa shape index (κ3) is 3.81. The SMILES string of the molecule is Cc1ccc(CNC(=O)c2cc3c(n(-c4ccc(F)cc4)c2=O)CCCC3=O)cc1. The quantitative estimate of drug-likeness (QED) is 0.720. The number of nitrogens with one attached hydrogen (secondary N) is 1. The van der Waals surface area contributed by atoms with Crippen LogP contribution in [0, 0.1) is 12.7 Å². The molecule has 5 nitrogen and oxygen atoms in total. The number of nitrogens with zero attached hydrogens (tertiary/aromatic N) is 1. The van der Waals surface area contributed by atoms with Gasteiger partial charge >= 0.3 is 0 Å². The lowest BCUT2D eigenvalue weighted by molar-refractivity contribution is 0.0949. The minimum absolute atomic E-state index is 0.0968. The van der Waals surface area contributed by atoms with E-state index < -0.39 is 17.3 Å². The van der Waals surface area contributed by atoms with Crippen LogP contribution >= 0.6 is 0 Å². The molecule has 152 valence electrons. The molecule has 0 aliphatic heterocycles. The second-order valence-corrected chi connectivity index (χ2v) is 7.48. The Morgan fingerprint density at radius 2 is 1.73 bits per heavy atom. The number of hydrogen-bond acceptors (Lipinski definition) is 3. The van der Waals surface area contributed by atoms with Gasteiger partial charge in [-0.25, -0.2) is 4.39 Å². The van der Waals surface area contributed by atoms with E-state index in [-0.39, 0.29) is 17.9 Å². The summed E-state index contributed by atoms with van der Waals surface area (Å²) in [5, 5.41) is 2.76. The minimum atomic E-state index is -0.544. The van der Waals surface area contributed by atoms with E-state index in [4.69, 9.17) is 0 Å². The maximum Gasteiger partial charge on any atom is 0.268 e. The lowest BCUT2D eigenvalue weighted by atomic mass is 9.92. The van der Waals surface area contributed by atoms with Crippen LogP contribution in [-0.4, -0.2) is 16.3 Å². The molecular weight excluding hydrogens is 383 g/mol. The number of halogens is 1. The highest BCUT2D eigenvalue weighted by atomic mass is 19.1. The fraction of sp³-hybridized carbons (Fsp3) is 0.208. The molecular formula is C24H21FN2O3. The van der Waals surface area contributed by atoms with Crippen molar-refractivity contribution in [3.05, 3.63) is 98.7 Å². The first-order valence-electron chi connectivity index (χ1n) is 9.86. The number of hydrogen-bond donors (Lipinski definition) is 1. The van der Waals surface area contributed by atoms with Gasteiger partial charge in [-0.2, -0.15) is 0 Å². The summed E-state index contributed by atoms with van der Waals surface area (Å²) >= 11 is 0. The molecule has 0 unspecified atom stereocenters. The summed E-state index contributed by atoms with van der Waals surface area (Å²) in [6, 6.07) is 14.6. The maximum absolute atomic E-state index is 13.4. The molecule has 1 N–H and O–H groups in total. The van der Waals surface area contributed by atoms with E-state index in [9.17, 15) is 18.8 Å². The molecule has 6 heteroatoms. The number of amides is 1. The Morgan fingerprint density at radius 3 is 2.43 bits per heavy atom. The van der Waals surface area contributed by atoms with Gasteiger partial charge < -0.3 is 5.32 Å². The molecule has 0 saturated heterocycles. The zero-order chi connectivity index (χ0) is 21.3. The molecule has 0 spiro atoms. The van der Waals surface area contributed by atoms with E-state index in [1.54, 1.807) is 0 Å². The van der Waals surface area contributed by atoms with Gasteiger partial charge in [0.15, 0.2) is 5.78 Å². The molecule has 0 bridgehead atoms. The van der Waals surface area contributed by atoms with Crippen molar-refractivity contribution < 1.29 is 14.0 Å². The molecule has 0 saturated carbocycles. The van der Waals surface area contributed by atoms with Gasteiger partial charge in [-0.05, 0) is 55.7 Å². The number of aryl methyl sites for hydroxylation is 1. The van der Waals surface area contributed by atoms with E-state index in [2.05, 4.69) is 5.32 Å². The average molecular weight is 404 g/mol. The molecule has 1 aliphatic carbocycles. The number of carbonyl (C=O) groups excluding carboxylic acids is 2. The number of pyridine rings is 1. The highest BCUT2D eigenvalue weighted by Gasteiger charge is 2.26. The summed E-state index contributed by atoms with van der Waals surface area (Å²) in [4.78, 5) is 38.6. The van der Waals surface area contributed by atoms with Crippen molar-refractivity contribution in [2.75, 3.05) is 0 Å². The zero-order valence-corrected chi connectivity index (χ0v) is 16.6. The summed E-state index contributed by atoms with van der Waals surface area (Å²) in [5.74, 6) is -1.07. The van der Waals surface area contributed by atoms with E-state index in [0.717, 1.165) is 11.1 Å². The number of benzene rings is 2. The number of fused-ring (bicyclic) bond motifs is 1. The zero-order valence-electron chi connectivity index (χ0n) is 16.6. The maximum atomic E-state index is 13.4. The Kier molecular flexibility index (Phi) is 5.31. The molecule has 2 aromatic carbocycles. The Balaban J connectivity index is 1.75. The Labute approximate surface area is 173 Å². The number of Topliss-reactive ketones (excluding diaryl/α,β-unsaturated/α-hetero) is 1. The molecule has 0 fully saturated rings. The number of aromatic nitrogens is 1. The van der Waals surface area contributed by atoms with Gasteiger partial charge in [-0.3, -0.25) is 19.0 Å². The summed E-state index contributed by atoms with van der Waals surface area (Å²) in [7, 11) is 0. The van der Waals surface area contributed by atoms with Gasteiger partial charge in [0.2, 0.25) is 0 Å². The van der Waals surface area contributed by atoms with Crippen LogP contribution in [0.3, 0.4) is 0 Å². The van der Waals surface area contributed by atoms with Gasteiger partial charge in [-0.15, -0.1) is 0 Å². The molecule has 1 amide bonds. The summed E-state index contributed by atoms with van der Waals surface area (Å²) in [6.07, 6.45) is 1.55. The first-order valence-corrected chi connectivity index (χ1v) is 9.86. The van der Waals surface area contributed by atoms with Crippen LogP contribution in [0.15, 0.2) is 59.4 Å². The fourth-order valence-corrected chi connectivity index (χ4v) is 3.70. The molecule has 3 aromatic rings. The second-order valence-electron chi connectivity index (χ2n) is 7.48. The molecule has 1 aromatic heterocycles. The lowest BCUT2D eigenvalue weighted by Crippen LogP contribution is -2.35. The van der Waals surface area contributed by atoms with Crippen LogP contribution in [0.25, 0.3) is 5.69 Å². The Bertz CT molecular complexity index is 1180. The highest BCUT2D eigenvalue weighted by molar-refractivity contribution is 6.01. The number of carbonyl (C=O) groups is 2. The monoisotopic (exact) mass is 404 g/mol. The van der Waals surface area contributed by atoms with Gasteiger partial charge in [0, 0.05) is 29.9 Å². The van der Waals surface area contributed by atoms with Crippen LogP contribution in [-0.2, 0) is 13.0 Å². The third-order valence-corrected chi connectivity index (χ3v) is 5.32. The Morgan fingerprint density at radius 1 is 1.03 bits per heavy atom. The predicted octanol–water partition coefficient (Wildman–Crippen LogP) is 3.73. The van der Waals surface area contributed by atoms with Crippen LogP contribution in [0.2, 0.25) is 0 Å². The number of ketones is 1. The summed E-state index contributed by atoms with van der Waals surface area (Å²) in [6.45, 7) is 2.24. The van der Waals surface area contributed by atoms with E-state index in [1.165, 1.54) is 34.9 Å². The average Bonchev–Trinajstić information content (AvgIpc) is 2.74. The predicted molar refractivity (Wildman–Crippen MR) is 112 cm³/mol. The molecule has 4 rings (SSSR count). The molecule has 0 radical (unpaired) electrons. The van der Waals surface area contributed by atoms with Crippen LogP contribution in [0.4, 0.5) is 4.39 Å². The normalized spacial score (nSPS) is 13.1. The number of rotatable bonds is 4. The van der Waals surface area contributed by atoms with Crippen molar-refractivity contribution in [3.63, 3.8) is 0 Å². The molecule has 1 aliphatic rings. The standard InChI is InChI=1S/C24H21FN2O3/c1-15-5-7-16(8-6-15)14-26-23(29)20-13-19-21(3-2-4-22(19)28)27(24(20)30)18-11-9-17(25)10-12-18/h5-13H,2-4,14H2,1H3,(H,26,29). The van der Waals surface area contributed by atoms with E-state index in [0.29, 0.717) is 36.2 Å². The van der Waals surface area contributed by atoms with Crippen molar-refractivity contribution in [2.24, 2.45) is 0 Å². The topological polar surface area (TPSA) is 68.2 Å². The van der Waals surface area contributed by atoms with Crippen molar-refractivity contribution >= 4 is 11.7 Å². The van der Waals surface area contributed by atoms with Crippen molar-refractivity contribution in [2.45, 2.75) is 32.7 Å². The van der Waals surface area contributed by atoms with E-state index in [1.807, 2.05) is 31.2 Å². The van der Waals surface area contributed by atoms with Gasteiger partial charge in [0.1, 0.15) is 11.4 Å². The summed E-state index contributed by atoms with van der Waals surface area (Å²) < 4.78 is 14.8. The van der Waals surface area contributed by atoms with Crippen molar-refractivity contribution in [3.8, 4) is 5.69 Å². The minimum Gasteiger partial charge on any atom is -0.348 e. The van der Waals surface area contributed by atoms with E-state index >= 15 is 0 Å². The first-order chi connectivity index (χ1) is 14.4. The smallest absolute Gasteiger partial charge is 0.268 e. The fourth-order valence-electron chi connectivity index (χ4n) is 3.70. The Hall–Kier alpha value is -3.54.